The van der Waals surface area contributed by atoms with E-state index in [0.717, 1.165) is 27.8 Å². The van der Waals surface area contributed by atoms with Crippen LogP contribution >= 0.6 is 0 Å². The first kappa shape index (κ1) is 27.7. The van der Waals surface area contributed by atoms with Gasteiger partial charge in [-0.05, 0) is 71.5 Å². The standard InChI is InChI=1S/C31H30FN5O4/c1-17-21(19-12-25(32)24(28(13-19)41-3)16-37-14-20(15-37)30(39)40)6-4-7-22(17)23-8-5-9-26(18(23)2)35-29(38)27-10-11-34-31(33)36-27/h4-13,20H,14-16H2,1-3H3,(H,35,38)(H,39,40)(H2,33,34,36). The molecule has 5 rings (SSSR count). The summed E-state index contributed by atoms with van der Waals surface area (Å²) in [5, 5.41) is 12.0. The quantitative estimate of drug-likeness (QED) is 0.279. The number of methoxy groups -OCH3 is 1. The molecule has 3 aromatic carbocycles. The van der Waals surface area contributed by atoms with Gasteiger partial charge in [0, 0.05) is 37.1 Å². The summed E-state index contributed by atoms with van der Waals surface area (Å²) in [6.45, 7) is 4.94. The van der Waals surface area contributed by atoms with Gasteiger partial charge in [0.05, 0.1) is 13.0 Å². The molecule has 4 N–H and O–H groups in total. The lowest BCUT2D eigenvalue weighted by Gasteiger charge is -2.36. The second-order valence-corrected chi connectivity index (χ2v) is 10.1. The van der Waals surface area contributed by atoms with Crippen LogP contribution in [0.25, 0.3) is 22.3 Å². The van der Waals surface area contributed by atoms with Gasteiger partial charge in [0.15, 0.2) is 0 Å². The number of aromatic nitrogens is 2. The zero-order valence-electron chi connectivity index (χ0n) is 22.9. The molecule has 0 bridgehead atoms. The third-order valence-corrected chi connectivity index (χ3v) is 7.49. The average Bonchev–Trinajstić information content (AvgIpc) is 2.92. The number of nitrogens with zero attached hydrogens (tertiary/aromatic N) is 3. The molecule has 1 aliphatic rings. The minimum atomic E-state index is -0.835. The number of benzene rings is 3. The molecule has 41 heavy (non-hydrogen) atoms. The van der Waals surface area contributed by atoms with Crippen molar-refractivity contribution in [3.63, 3.8) is 0 Å². The smallest absolute Gasteiger partial charge is 0.309 e. The van der Waals surface area contributed by atoms with E-state index in [-0.39, 0.29) is 18.2 Å². The Hall–Kier alpha value is -4.83. The fourth-order valence-electron chi connectivity index (χ4n) is 5.17. The summed E-state index contributed by atoms with van der Waals surface area (Å²) < 4.78 is 21.0. The van der Waals surface area contributed by atoms with E-state index in [9.17, 15) is 9.59 Å². The Morgan fingerprint density at radius 3 is 2.44 bits per heavy atom. The number of amides is 1. The van der Waals surface area contributed by atoms with E-state index in [0.29, 0.717) is 35.7 Å². The lowest BCUT2D eigenvalue weighted by atomic mass is 9.90. The monoisotopic (exact) mass is 555 g/mol. The summed E-state index contributed by atoms with van der Waals surface area (Å²) >= 11 is 0. The van der Waals surface area contributed by atoms with Gasteiger partial charge in [0.2, 0.25) is 5.95 Å². The Labute approximate surface area is 236 Å². The molecule has 9 nitrogen and oxygen atoms in total. The van der Waals surface area contributed by atoms with Crippen molar-refractivity contribution in [2.24, 2.45) is 5.92 Å². The number of anilines is 2. The molecule has 0 spiro atoms. The Bertz CT molecular complexity index is 1650. The molecule has 0 saturated carbocycles. The van der Waals surface area contributed by atoms with Gasteiger partial charge in [-0.1, -0.05) is 30.3 Å². The van der Waals surface area contributed by atoms with Crippen molar-refractivity contribution in [1.29, 1.82) is 0 Å². The van der Waals surface area contributed by atoms with Crippen molar-refractivity contribution in [3.8, 4) is 28.0 Å². The van der Waals surface area contributed by atoms with Gasteiger partial charge in [-0.15, -0.1) is 0 Å². The Balaban J connectivity index is 1.44. The van der Waals surface area contributed by atoms with Gasteiger partial charge < -0.3 is 20.9 Å². The summed E-state index contributed by atoms with van der Waals surface area (Å²) in [4.78, 5) is 33.6. The zero-order chi connectivity index (χ0) is 29.3. The van der Waals surface area contributed by atoms with Crippen LogP contribution in [0.2, 0.25) is 0 Å². The molecule has 1 saturated heterocycles. The first-order chi connectivity index (χ1) is 19.7. The molecule has 1 aliphatic heterocycles. The largest absolute Gasteiger partial charge is 0.496 e. The van der Waals surface area contributed by atoms with Crippen LogP contribution in [0.15, 0.2) is 60.8 Å². The molecule has 0 radical (unpaired) electrons. The molecule has 0 aliphatic carbocycles. The lowest BCUT2D eigenvalue weighted by molar-refractivity contribution is -0.147. The van der Waals surface area contributed by atoms with Gasteiger partial charge in [0.25, 0.3) is 5.91 Å². The van der Waals surface area contributed by atoms with Gasteiger partial charge in [0.1, 0.15) is 17.3 Å². The molecule has 1 fully saturated rings. The number of nitrogen functional groups attached to an aromatic ring is 1. The van der Waals surface area contributed by atoms with Crippen LogP contribution in [-0.2, 0) is 11.3 Å². The highest BCUT2D eigenvalue weighted by molar-refractivity contribution is 6.04. The first-order valence-electron chi connectivity index (χ1n) is 13.1. The molecule has 2 heterocycles. The van der Waals surface area contributed by atoms with Gasteiger partial charge in [-0.3, -0.25) is 14.5 Å². The highest BCUT2D eigenvalue weighted by Crippen LogP contribution is 2.38. The van der Waals surface area contributed by atoms with Crippen molar-refractivity contribution in [3.05, 3.63) is 89.0 Å². The number of aliphatic carboxylic acids is 1. The number of carbonyl (C=O) groups is 2. The van der Waals surface area contributed by atoms with E-state index < -0.39 is 23.6 Å². The minimum Gasteiger partial charge on any atom is -0.496 e. The molecule has 210 valence electrons. The Morgan fingerprint density at radius 1 is 1.07 bits per heavy atom. The molecular weight excluding hydrogens is 525 g/mol. The number of hydrogen-bond donors (Lipinski definition) is 3. The summed E-state index contributed by atoms with van der Waals surface area (Å²) in [6.07, 6.45) is 1.43. The topological polar surface area (TPSA) is 131 Å². The van der Waals surface area contributed by atoms with Gasteiger partial charge in [-0.2, -0.15) is 0 Å². The number of carboxylic acid groups (broad SMARTS) is 1. The number of hydrogen-bond acceptors (Lipinski definition) is 7. The van der Waals surface area contributed by atoms with Crippen LogP contribution in [0, 0.1) is 25.6 Å². The zero-order valence-corrected chi connectivity index (χ0v) is 22.9. The molecular formula is C31H30FN5O4. The maximum atomic E-state index is 15.4. The van der Waals surface area contributed by atoms with Crippen LogP contribution in [0.5, 0.6) is 5.75 Å². The van der Waals surface area contributed by atoms with Crippen molar-refractivity contribution in [2.75, 3.05) is 31.2 Å². The SMILES string of the molecule is COc1cc(-c2cccc(-c3cccc(NC(=O)c4ccnc(N)n4)c3C)c2C)cc(F)c1CN1CC(C(=O)O)C1. The van der Waals surface area contributed by atoms with Crippen molar-refractivity contribution >= 4 is 23.5 Å². The summed E-state index contributed by atoms with van der Waals surface area (Å²) in [5.74, 6) is -1.63. The van der Waals surface area contributed by atoms with E-state index >= 15 is 4.39 Å². The maximum absolute atomic E-state index is 15.4. The summed E-state index contributed by atoms with van der Waals surface area (Å²) in [6, 6.07) is 16.3. The minimum absolute atomic E-state index is 0.0176. The van der Waals surface area contributed by atoms with Crippen molar-refractivity contribution < 1.29 is 23.8 Å². The first-order valence-corrected chi connectivity index (χ1v) is 13.1. The Morgan fingerprint density at radius 2 is 1.76 bits per heavy atom. The van der Waals surface area contributed by atoms with E-state index in [1.807, 2.05) is 61.2 Å². The number of halogens is 1. The average molecular weight is 556 g/mol. The number of carbonyl (C=O) groups excluding carboxylic acids is 1. The Kier molecular flexibility index (Phi) is 7.67. The molecule has 1 amide bonds. The molecule has 1 aromatic heterocycles. The predicted molar refractivity (Wildman–Crippen MR) is 154 cm³/mol. The van der Waals surface area contributed by atoms with Crippen LogP contribution in [0.3, 0.4) is 0 Å². The van der Waals surface area contributed by atoms with Crippen LogP contribution < -0.4 is 15.8 Å². The van der Waals surface area contributed by atoms with E-state index in [1.54, 1.807) is 0 Å². The van der Waals surface area contributed by atoms with Gasteiger partial charge in [-0.25, -0.2) is 14.4 Å². The van der Waals surface area contributed by atoms with E-state index in [4.69, 9.17) is 15.6 Å². The van der Waals surface area contributed by atoms with E-state index in [2.05, 4.69) is 15.3 Å². The number of nitrogens with one attached hydrogen (secondary N) is 1. The fraction of sp³-hybridized carbons (Fsp3) is 0.226. The lowest BCUT2D eigenvalue weighted by Crippen LogP contribution is -2.49. The number of carboxylic acids is 1. The van der Waals surface area contributed by atoms with E-state index in [1.165, 1.54) is 25.4 Å². The third kappa shape index (κ3) is 5.59. The normalized spacial score (nSPS) is 13.5. The number of ether oxygens (including phenoxy) is 1. The second-order valence-electron chi connectivity index (χ2n) is 10.1. The predicted octanol–water partition coefficient (Wildman–Crippen LogP) is 4.93. The highest BCUT2D eigenvalue weighted by Gasteiger charge is 2.33. The molecule has 4 aromatic rings. The van der Waals surface area contributed by atoms with Crippen LogP contribution in [0.4, 0.5) is 16.0 Å². The second kappa shape index (κ2) is 11.3. The molecule has 0 atom stereocenters. The van der Waals surface area contributed by atoms with Crippen molar-refractivity contribution in [1.82, 2.24) is 14.9 Å². The number of likely N-dealkylation sites (tertiary alicyclic amines) is 1. The van der Waals surface area contributed by atoms with Crippen LogP contribution in [0.1, 0.15) is 27.2 Å². The third-order valence-electron chi connectivity index (χ3n) is 7.49. The van der Waals surface area contributed by atoms with Crippen molar-refractivity contribution in [2.45, 2.75) is 20.4 Å². The summed E-state index contributed by atoms with van der Waals surface area (Å²) in [7, 11) is 1.50. The highest BCUT2D eigenvalue weighted by atomic mass is 19.1. The number of nitrogens with two attached hydrogens (primary N) is 1. The molecule has 10 heteroatoms. The fourth-order valence-corrected chi connectivity index (χ4v) is 5.17. The van der Waals surface area contributed by atoms with Crippen LogP contribution in [-0.4, -0.2) is 52.1 Å². The summed E-state index contributed by atoms with van der Waals surface area (Å²) in [5.41, 5.74) is 12.0. The number of rotatable bonds is 8. The van der Waals surface area contributed by atoms with Gasteiger partial charge >= 0.3 is 5.97 Å². The maximum Gasteiger partial charge on any atom is 0.309 e. The molecule has 0 unspecified atom stereocenters.